The predicted molar refractivity (Wildman–Crippen MR) is 76.5 cm³/mol. The van der Waals surface area contributed by atoms with Gasteiger partial charge in [0.1, 0.15) is 17.7 Å². The average molecular weight is 365 g/mol. The Balaban J connectivity index is 2.25. The molecule has 1 aromatic heterocycles. The standard InChI is InChI=1S/C15H16F5N3O2/c1-9(7-25-15(19,20)13(17)18)14(24,6-12-21-8-22-23-12)10-2-4-11(16)5-3-10/h2-5,8-9,13,24H,6-7H2,1H3,(H,21,22,23). The Morgan fingerprint density at radius 2 is 1.88 bits per heavy atom. The van der Waals surface area contributed by atoms with E-state index < -0.39 is 36.5 Å². The number of hydrogen-bond acceptors (Lipinski definition) is 4. The van der Waals surface area contributed by atoms with E-state index in [2.05, 4.69) is 19.9 Å². The molecule has 0 radical (unpaired) electrons. The van der Waals surface area contributed by atoms with Crippen molar-refractivity contribution in [2.45, 2.75) is 31.5 Å². The molecule has 5 nitrogen and oxygen atoms in total. The number of halogens is 5. The summed E-state index contributed by atoms with van der Waals surface area (Å²) in [7, 11) is 0. The molecule has 0 amide bonds. The van der Waals surface area contributed by atoms with Gasteiger partial charge >= 0.3 is 12.5 Å². The molecule has 2 N–H and O–H groups in total. The Hall–Kier alpha value is -2.07. The van der Waals surface area contributed by atoms with E-state index in [1.807, 2.05) is 0 Å². The Kier molecular flexibility index (Phi) is 5.73. The number of nitrogens with zero attached hydrogens (tertiary/aromatic N) is 2. The lowest BCUT2D eigenvalue weighted by atomic mass is 9.80. The van der Waals surface area contributed by atoms with E-state index in [0.717, 1.165) is 12.1 Å². The summed E-state index contributed by atoms with van der Waals surface area (Å²) in [5, 5.41) is 17.2. The Bertz CT molecular complexity index is 666. The van der Waals surface area contributed by atoms with E-state index in [1.54, 1.807) is 0 Å². The van der Waals surface area contributed by atoms with Gasteiger partial charge in [0, 0.05) is 12.3 Å². The molecule has 2 atom stereocenters. The highest BCUT2D eigenvalue weighted by Crippen LogP contribution is 2.35. The van der Waals surface area contributed by atoms with E-state index >= 15 is 0 Å². The van der Waals surface area contributed by atoms with Crippen LogP contribution in [0.2, 0.25) is 0 Å². The maximum absolute atomic E-state index is 13.1. The fourth-order valence-corrected chi connectivity index (χ4v) is 2.30. The highest BCUT2D eigenvalue weighted by atomic mass is 19.3. The number of rotatable bonds is 8. The minimum absolute atomic E-state index is 0.166. The third kappa shape index (κ3) is 4.51. The SMILES string of the molecule is CC(COC(F)(F)C(F)F)C(O)(Cc1nc[nH]n1)c1ccc(F)cc1. The maximum atomic E-state index is 13.1. The van der Waals surface area contributed by atoms with Crippen LogP contribution in [-0.2, 0) is 16.8 Å². The zero-order valence-corrected chi connectivity index (χ0v) is 13.1. The summed E-state index contributed by atoms with van der Waals surface area (Å²) in [6, 6.07) is 4.70. The summed E-state index contributed by atoms with van der Waals surface area (Å²) in [6.45, 7) is 0.479. The number of H-pyrrole nitrogens is 1. The van der Waals surface area contributed by atoms with Crippen LogP contribution in [0.25, 0.3) is 0 Å². The molecule has 2 unspecified atom stereocenters. The zero-order valence-electron chi connectivity index (χ0n) is 13.1. The lowest BCUT2D eigenvalue weighted by Gasteiger charge is -2.34. The molecule has 0 aliphatic rings. The molecule has 2 rings (SSSR count). The van der Waals surface area contributed by atoms with Crippen molar-refractivity contribution in [2.24, 2.45) is 5.92 Å². The molecule has 0 saturated carbocycles. The van der Waals surface area contributed by atoms with Crippen molar-refractivity contribution < 1.29 is 31.8 Å². The number of hydrogen-bond donors (Lipinski definition) is 2. The molecule has 0 aliphatic heterocycles. The molecule has 138 valence electrons. The minimum atomic E-state index is -4.64. The summed E-state index contributed by atoms with van der Waals surface area (Å²) in [6.07, 6.45) is -7.59. The van der Waals surface area contributed by atoms with E-state index in [0.29, 0.717) is 0 Å². The van der Waals surface area contributed by atoms with Gasteiger partial charge in [-0.3, -0.25) is 5.10 Å². The van der Waals surface area contributed by atoms with Crippen molar-refractivity contribution in [3.8, 4) is 0 Å². The van der Waals surface area contributed by atoms with Crippen molar-refractivity contribution in [2.75, 3.05) is 6.61 Å². The molecular formula is C15H16F5N3O2. The van der Waals surface area contributed by atoms with E-state index in [1.165, 1.54) is 25.4 Å². The monoisotopic (exact) mass is 365 g/mol. The second-order valence-electron chi connectivity index (χ2n) is 5.60. The van der Waals surface area contributed by atoms with Crippen molar-refractivity contribution in [1.29, 1.82) is 0 Å². The number of aromatic amines is 1. The Labute approximate surface area is 139 Å². The minimum Gasteiger partial charge on any atom is -0.384 e. The predicted octanol–water partition coefficient (Wildman–Crippen LogP) is 2.88. The largest absolute Gasteiger partial charge is 0.416 e. The summed E-state index contributed by atoms with van der Waals surface area (Å²) >= 11 is 0. The van der Waals surface area contributed by atoms with Crippen LogP contribution in [-0.4, -0.2) is 39.4 Å². The first-order valence-electron chi connectivity index (χ1n) is 7.28. The Morgan fingerprint density at radius 3 is 2.40 bits per heavy atom. The van der Waals surface area contributed by atoms with Gasteiger partial charge in [-0.1, -0.05) is 19.1 Å². The normalized spacial score (nSPS) is 16.0. The number of ether oxygens (including phenoxy) is 1. The molecule has 0 fully saturated rings. The lowest BCUT2D eigenvalue weighted by Crippen LogP contribution is -2.41. The molecule has 10 heteroatoms. The smallest absolute Gasteiger partial charge is 0.384 e. The van der Waals surface area contributed by atoms with Gasteiger partial charge in [-0.05, 0) is 17.7 Å². The van der Waals surface area contributed by atoms with Crippen LogP contribution in [0.15, 0.2) is 30.6 Å². The molecule has 25 heavy (non-hydrogen) atoms. The van der Waals surface area contributed by atoms with Gasteiger partial charge in [-0.25, -0.2) is 18.2 Å². The summed E-state index contributed by atoms with van der Waals surface area (Å²) in [5.74, 6) is -1.45. The van der Waals surface area contributed by atoms with Crippen LogP contribution in [0.4, 0.5) is 22.0 Å². The van der Waals surface area contributed by atoms with Gasteiger partial charge < -0.3 is 9.84 Å². The van der Waals surface area contributed by atoms with Crippen LogP contribution in [0.1, 0.15) is 18.3 Å². The molecule has 0 bridgehead atoms. The average Bonchev–Trinajstić information content (AvgIpc) is 3.05. The zero-order chi connectivity index (χ0) is 18.7. The van der Waals surface area contributed by atoms with E-state index in [-0.39, 0.29) is 17.8 Å². The number of aliphatic hydroxyl groups is 1. The summed E-state index contributed by atoms with van der Waals surface area (Å²) < 4.78 is 67.6. The Morgan fingerprint density at radius 1 is 1.24 bits per heavy atom. The van der Waals surface area contributed by atoms with Crippen LogP contribution in [0.5, 0.6) is 0 Å². The highest BCUT2D eigenvalue weighted by Gasteiger charge is 2.45. The van der Waals surface area contributed by atoms with Crippen LogP contribution in [0, 0.1) is 11.7 Å². The number of nitrogens with one attached hydrogen (secondary N) is 1. The lowest BCUT2D eigenvalue weighted by molar-refractivity contribution is -0.308. The van der Waals surface area contributed by atoms with Gasteiger partial charge in [0.2, 0.25) is 0 Å². The number of alkyl halides is 4. The van der Waals surface area contributed by atoms with E-state index in [4.69, 9.17) is 0 Å². The quantitative estimate of drug-likeness (QED) is 0.706. The molecule has 1 aromatic carbocycles. The summed E-state index contributed by atoms with van der Waals surface area (Å²) in [5.41, 5.74) is -1.65. The number of aromatic nitrogens is 3. The van der Waals surface area contributed by atoms with Gasteiger partial charge in [-0.2, -0.15) is 13.9 Å². The van der Waals surface area contributed by atoms with Crippen LogP contribution >= 0.6 is 0 Å². The molecule has 0 spiro atoms. The first kappa shape index (κ1) is 19.3. The van der Waals surface area contributed by atoms with Crippen molar-refractivity contribution in [1.82, 2.24) is 15.2 Å². The first-order chi connectivity index (χ1) is 11.6. The molecule has 0 saturated heterocycles. The summed E-state index contributed by atoms with van der Waals surface area (Å²) in [4.78, 5) is 3.85. The second-order valence-corrected chi connectivity index (χ2v) is 5.60. The van der Waals surface area contributed by atoms with Crippen molar-refractivity contribution in [3.63, 3.8) is 0 Å². The number of benzene rings is 1. The van der Waals surface area contributed by atoms with Gasteiger partial charge in [0.15, 0.2) is 5.82 Å². The fourth-order valence-electron chi connectivity index (χ4n) is 2.30. The van der Waals surface area contributed by atoms with Gasteiger partial charge in [0.25, 0.3) is 0 Å². The van der Waals surface area contributed by atoms with E-state index in [9.17, 15) is 27.1 Å². The van der Waals surface area contributed by atoms with Gasteiger partial charge in [-0.15, -0.1) is 0 Å². The third-order valence-corrected chi connectivity index (χ3v) is 3.83. The van der Waals surface area contributed by atoms with Crippen molar-refractivity contribution in [3.05, 3.63) is 47.8 Å². The molecule has 0 aliphatic carbocycles. The van der Waals surface area contributed by atoms with Crippen LogP contribution < -0.4 is 0 Å². The second kappa shape index (κ2) is 7.44. The van der Waals surface area contributed by atoms with Crippen molar-refractivity contribution >= 4 is 0 Å². The van der Waals surface area contributed by atoms with Gasteiger partial charge in [0.05, 0.1) is 6.61 Å². The highest BCUT2D eigenvalue weighted by molar-refractivity contribution is 5.25. The van der Waals surface area contributed by atoms with Crippen LogP contribution in [0.3, 0.4) is 0 Å². The topological polar surface area (TPSA) is 71.0 Å². The molecule has 2 aromatic rings. The molecular weight excluding hydrogens is 349 g/mol. The third-order valence-electron chi connectivity index (χ3n) is 3.83. The fraction of sp³-hybridized carbons (Fsp3) is 0.467. The maximum Gasteiger partial charge on any atom is 0.416 e. The first-order valence-corrected chi connectivity index (χ1v) is 7.28. The molecule has 1 heterocycles.